The van der Waals surface area contributed by atoms with Gasteiger partial charge in [0.1, 0.15) is 0 Å². The predicted molar refractivity (Wildman–Crippen MR) is 157 cm³/mol. The summed E-state index contributed by atoms with van der Waals surface area (Å²) in [5.74, 6) is -1.26. The molecule has 0 bridgehead atoms. The molecule has 2 N–H and O–H groups in total. The van der Waals surface area contributed by atoms with Crippen LogP contribution in [0.5, 0.6) is 5.75 Å². The number of pyridine rings is 1. The zero-order valence-corrected chi connectivity index (χ0v) is 23.3. The largest absolute Gasteiger partial charge is 0.491 e. The number of nitrogens with zero attached hydrogens (tertiary/aromatic N) is 3. The van der Waals surface area contributed by atoms with Gasteiger partial charge >= 0.3 is 0 Å². The Hall–Kier alpha value is -4.47. The van der Waals surface area contributed by atoms with Crippen molar-refractivity contribution in [1.29, 1.82) is 0 Å². The van der Waals surface area contributed by atoms with Gasteiger partial charge in [-0.15, -0.1) is 6.58 Å². The highest BCUT2D eigenvalue weighted by molar-refractivity contribution is 6.07. The average molecular weight is 558 g/mol. The number of anilines is 1. The maximum atomic E-state index is 13.6. The van der Waals surface area contributed by atoms with Crippen molar-refractivity contribution < 1.29 is 24.5 Å². The molecule has 0 saturated carbocycles. The number of carbonyl (C=O) groups is 2. The molecule has 9 nitrogen and oxygen atoms in total. The lowest BCUT2D eigenvalue weighted by molar-refractivity contribution is -0.139. The standard InChI is InChI=1S/C32H35N3O6/c1-4-17-35-27-16-15-25(34-18-9-13-28(41-3)30(34)38)21-26(27)32(40,31(35)39)23(2)10-8-14-29(37)33(19-20-36)22-24-11-6-5-7-12-24/h4-13,15-16,18,21,23,36,40H,1,14,17,19-20,22H2,2-3H3/b10-8+/t23-,32+/m1/s1. The number of amides is 2. The number of hydrogen-bond acceptors (Lipinski definition) is 6. The highest BCUT2D eigenvalue weighted by Crippen LogP contribution is 2.46. The van der Waals surface area contributed by atoms with Crippen molar-refractivity contribution in [3.05, 3.63) is 113 Å². The number of methoxy groups -OCH3 is 1. The van der Waals surface area contributed by atoms with Crippen LogP contribution in [0.3, 0.4) is 0 Å². The van der Waals surface area contributed by atoms with Crippen LogP contribution in [0.1, 0.15) is 24.5 Å². The molecule has 2 atom stereocenters. The van der Waals surface area contributed by atoms with Gasteiger partial charge in [-0.1, -0.05) is 55.5 Å². The van der Waals surface area contributed by atoms with Gasteiger partial charge in [0, 0.05) is 49.4 Å². The minimum absolute atomic E-state index is 0.0317. The maximum absolute atomic E-state index is 13.6. The highest BCUT2D eigenvalue weighted by Gasteiger charge is 2.52. The Labute approximate surface area is 239 Å². The van der Waals surface area contributed by atoms with Crippen LogP contribution in [0.15, 0.2) is 96.5 Å². The molecule has 0 saturated heterocycles. The summed E-state index contributed by atoms with van der Waals surface area (Å²) in [5, 5.41) is 21.4. The summed E-state index contributed by atoms with van der Waals surface area (Å²) in [6, 6.07) is 17.8. The van der Waals surface area contributed by atoms with E-state index >= 15 is 0 Å². The van der Waals surface area contributed by atoms with Crippen LogP contribution in [0, 0.1) is 5.92 Å². The van der Waals surface area contributed by atoms with Gasteiger partial charge in [0.2, 0.25) is 5.91 Å². The lowest BCUT2D eigenvalue weighted by Crippen LogP contribution is -2.44. The second-order valence-electron chi connectivity index (χ2n) is 9.87. The van der Waals surface area contributed by atoms with Crippen molar-refractivity contribution in [3.8, 4) is 11.4 Å². The molecule has 214 valence electrons. The van der Waals surface area contributed by atoms with Gasteiger partial charge in [-0.05, 0) is 35.9 Å². The summed E-state index contributed by atoms with van der Waals surface area (Å²) < 4.78 is 6.55. The summed E-state index contributed by atoms with van der Waals surface area (Å²) >= 11 is 0. The molecule has 1 aromatic heterocycles. The number of benzene rings is 2. The van der Waals surface area contributed by atoms with Gasteiger partial charge in [0.15, 0.2) is 11.4 Å². The lowest BCUT2D eigenvalue weighted by atomic mass is 9.82. The van der Waals surface area contributed by atoms with Crippen molar-refractivity contribution in [2.45, 2.75) is 25.5 Å². The Morgan fingerprint density at radius 1 is 1.15 bits per heavy atom. The van der Waals surface area contributed by atoms with E-state index in [0.717, 1.165) is 5.56 Å². The summed E-state index contributed by atoms with van der Waals surface area (Å²) in [5.41, 5.74) is -0.0317. The van der Waals surface area contributed by atoms with Gasteiger partial charge in [-0.3, -0.25) is 19.0 Å². The minimum Gasteiger partial charge on any atom is -0.491 e. The van der Waals surface area contributed by atoms with Crippen LogP contribution >= 0.6 is 0 Å². The first-order valence-corrected chi connectivity index (χ1v) is 13.4. The summed E-state index contributed by atoms with van der Waals surface area (Å²) in [7, 11) is 1.41. The molecular formula is C32H35N3O6. The minimum atomic E-state index is -1.94. The van der Waals surface area contributed by atoms with E-state index in [0.29, 0.717) is 23.5 Å². The molecule has 2 amide bonds. The van der Waals surface area contributed by atoms with Crippen molar-refractivity contribution in [2.75, 3.05) is 31.7 Å². The van der Waals surface area contributed by atoms with Gasteiger partial charge in [-0.25, -0.2) is 0 Å². The number of rotatable bonds is 12. The molecule has 2 heterocycles. The molecule has 0 unspecified atom stereocenters. The van der Waals surface area contributed by atoms with E-state index in [4.69, 9.17) is 4.74 Å². The second kappa shape index (κ2) is 12.8. The molecule has 0 spiro atoms. The topological polar surface area (TPSA) is 112 Å². The molecule has 3 aromatic rings. The van der Waals surface area contributed by atoms with E-state index < -0.39 is 17.4 Å². The Morgan fingerprint density at radius 3 is 2.59 bits per heavy atom. The predicted octanol–water partition coefficient (Wildman–Crippen LogP) is 3.17. The Balaban J connectivity index is 1.62. The number of carbonyl (C=O) groups excluding carboxylic acids is 2. The molecule has 4 rings (SSSR count). The van der Waals surface area contributed by atoms with Crippen LogP contribution in [0.25, 0.3) is 5.69 Å². The van der Waals surface area contributed by atoms with Gasteiger partial charge < -0.3 is 24.7 Å². The number of fused-ring (bicyclic) bond motifs is 1. The fourth-order valence-corrected chi connectivity index (χ4v) is 5.09. The number of aliphatic hydroxyl groups is 2. The molecule has 9 heteroatoms. The number of aliphatic hydroxyl groups excluding tert-OH is 1. The summed E-state index contributed by atoms with van der Waals surface area (Å²) in [6.45, 7) is 6.03. The van der Waals surface area contributed by atoms with E-state index in [1.807, 2.05) is 30.3 Å². The summed E-state index contributed by atoms with van der Waals surface area (Å²) in [4.78, 5) is 42.5. The van der Waals surface area contributed by atoms with Crippen LogP contribution in [-0.2, 0) is 21.7 Å². The third-order valence-electron chi connectivity index (χ3n) is 7.29. The summed E-state index contributed by atoms with van der Waals surface area (Å²) in [6.07, 6.45) is 6.49. The Kier molecular flexibility index (Phi) is 9.21. The number of hydrogen-bond donors (Lipinski definition) is 2. The Morgan fingerprint density at radius 2 is 1.90 bits per heavy atom. The zero-order valence-electron chi connectivity index (χ0n) is 23.3. The fourth-order valence-electron chi connectivity index (χ4n) is 5.09. The monoisotopic (exact) mass is 557 g/mol. The second-order valence-corrected chi connectivity index (χ2v) is 9.87. The lowest BCUT2D eigenvalue weighted by Gasteiger charge is -2.27. The van der Waals surface area contributed by atoms with Crippen molar-refractivity contribution >= 4 is 17.5 Å². The van der Waals surface area contributed by atoms with E-state index in [2.05, 4.69) is 6.58 Å². The molecule has 41 heavy (non-hydrogen) atoms. The van der Waals surface area contributed by atoms with E-state index in [1.54, 1.807) is 66.6 Å². The van der Waals surface area contributed by atoms with Crippen LogP contribution < -0.4 is 15.2 Å². The van der Waals surface area contributed by atoms with Crippen molar-refractivity contribution in [2.24, 2.45) is 5.92 Å². The fraction of sp³-hybridized carbons (Fsp3) is 0.281. The molecule has 1 aliphatic heterocycles. The zero-order chi connectivity index (χ0) is 29.6. The van der Waals surface area contributed by atoms with Crippen LogP contribution in [0.4, 0.5) is 5.69 Å². The smallest absolute Gasteiger partial charge is 0.297 e. The molecular weight excluding hydrogens is 522 g/mol. The average Bonchev–Trinajstić information content (AvgIpc) is 3.20. The van der Waals surface area contributed by atoms with Crippen molar-refractivity contribution in [1.82, 2.24) is 9.47 Å². The van der Waals surface area contributed by atoms with Gasteiger partial charge in [0.25, 0.3) is 11.5 Å². The third-order valence-corrected chi connectivity index (χ3v) is 7.29. The van der Waals surface area contributed by atoms with Crippen LogP contribution in [-0.4, -0.2) is 58.3 Å². The normalized spacial score (nSPS) is 17.0. The van der Waals surface area contributed by atoms with E-state index in [1.165, 1.54) is 16.6 Å². The third kappa shape index (κ3) is 5.86. The van der Waals surface area contributed by atoms with Crippen molar-refractivity contribution in [3.63, 3.8) is 0 Å². The molecule has 2 aromatic carbocycles. The molecule has 0 radical (unpaired) electrons. The molecule has 1 aliphatic rings. The van der Waals surface area contributed by atoms with Crippen LogP contribution in [0.2, 0.25) is 0 Å². The highest BCUT2D eigenvalue weighted by atomic mass is 16.5. The maximum Gasteiger partial charge on any atom is 0.297 e. The van der Waals surface area contributed by atoms with Gasteiger partial charge in [-0.2, -0.15) is 0 Å². The van der Waals surface area contributed by atoms with E-state index in [9.17, 15) is 24.6 Å². The quantitative estimate of drug-likeness (QED) is 0.331. The number of ether oxygens (including phenoxy) is 1. The molecule has 0 aliphatic carbocycles. The first kappa shape index (κ1) is 29.5. The first-order chi connectivity index (χ1) is 19.8. The Bertz CT molecular complexity index is 1500. The first-order valence-electron chi connectivity index (χ1n) is 13.4. The van der Waals surface area contributed by atoms with E-state index in [-0.39, 0.29) is 43.3 Å². The molecule has 0 fully saturated rings. The SMILES string of the molecule is C=CCN1C(=O)[C@](O)([C@H](C)/C=C/CC(=O)N(CCO)Cc2ccccc2)c2cc(-n3cccc(OC)c3=O)ccc21. The number of aromatic nitrogens is 1. The van der Waals surface area contributed by atoms with Gasteiger partial charge in [0.05, 0.1) is 19.4 Å².